The molecule has 1 N–H and O–H groups in total. The second-order valence-corrected chi connectivity index (χ2v) is 3.48. The summed E-state index contributed by atoms with van der Waals surface area (Å²) in [5.74, 6) is 0. The number of H-pyrrole nitrogens is 1. The molecule has 0 aliphatic rings. The lowest BCUT2D eigenvalue weighted by molar-refractivity contribution is 1.02. The van der Waals surface area contributed by atoms with E-state index in [0.29, 0.717) is 9.54 Å². The van der Waals surface area contributed by atoms with Crippen LogP contribution in [0, 0.1) is 4.64 Å². The molecule has 1 rings (SSSR count). The number of hydrogen-bond donors (Lipinski definition) is 4. The van der Waals surface area contributed by atoms with E-state index in [4.69, 9.17) is 12.2 Å². The van der Waals surface area contributed by atoms with Crippen LogP contribution in [0.2, 0.25) is 0 Å². The third-order valence-electron chi connectivity index (χ3n) is 1.02. The van der Waals surface area contributed by atoms with E-state index in [1.807, 2.05) is 0 Å². The molecule has 1 heterocycles. The van der Waals surface area contributed by atoms with Crippen LogP contribution in [-0.4, -0.2) is 4.98 Å². The number of thiol groups is 3. The van der Waals surface area contributed by atoms with Gasteiger partial charge in [0.2, 0.25) is 0 Å². The van der Waals surface area contributed by atoms with Crippen LogP contribution in [-0.2, 0) is 0 Å². The maximum Gasteiger partial charge on any atom is 0.117 e. The van der Waals surface area contributed by atoms with Gasteiger partial charge in [-0.3, -0.25) is 0 Å². The van der Waals surface area contributed by atoms with Gasteiger partial charge in [-0.05, 0) is 0 Å². The Morgan fingerprint density at radius 2 is 1.80 bits per heavy atom. The molecule has 1 aromatic rings. The van der Waals surface area contributed by atoms with Gasteiger partial charge in [0.15, 0.2) is 0 Å². The lowest BCUT2D eigenvalue weighted by atomic mass is 10.5. The van der Waals surface area contributed by atoms with E-state index in [0.717, 1.165) is 9.79 Å². The molecule has 10 heavy (non-hydrogen) atoms. The molecule has 0 atom stereocenters. The fourth-order valence-corrected chi connectivity index (χ4v) is 1.36. The Morgan fingerprint density at radius 3 is 2.30 bits per heavy atom. The first-order valence-corrected chi connectivity index (χ1v) is 4.20. The summed E-state index contributed by atoms with van der Waals surface area (Å²) in [4.78, 5) is 4.96. The Kier molecular flexibility index (Phi) is 2.74. The predicted octanol–water partition coefficient (Wildman–Crippen LogP) is 2.61. The maximum absolute atomic E-state index is 4.89. The molecule has 1 nitrogen and oxygen atoms in total. The van der Waals surface area contributed by atoms with Crippen molar-refractivity contribution in [1.29, 1.82) is 0 Å². The summed E-state index contributed by atoms with van der Waals surface area (Å²) in [5, 5.41) is 0. The first kappa shape index (κ1) is 8.52. The van der Waals surface area contributed by atoms with Crippen LogP contribution in [0.15, 0.2) is 20.9 Å². The van der Waals surface area contributed by atoms with Crippen LogP contribution in [0.25, 0.3) is 0 Å². The standard InChI is InChI=1S/C5H5NS4/c7-2-1-6-5(10)4(9)3(2)8/h1,7,9H,(H2,6,8,10). The summed E-state index contributed by atoms with van der Waals surface area (Å²) in [5.41, 5.74) is 0. The van der Waals surface area contributed by atoms with E-state index in [1.54, 1.807) is 6.20 Å². The topological polar surface area (TPSA) is 15.8 Å². The molecule has 54 valence electrons. The predicted molar refractivity (Wildman–Crippen MR) is 53.4 cm³/mol. The Morgan fingerprint density at radius 1 is 1.20 bits per heavy atom. The van der Waals surface area contributed by atoms with Crippen molar-refractivity contribution < 1.29 is 0 Å². The van der Waals surface area contributed by atoms with Gasteiger partial charge in [0.1, 0.15) is 4.64 Å². The molecule has 0 spiro atoms. The minimum Gasteiger partial charge on any atom is -0.351 e. The van der Waals surface area contributed by atoms with Gasteiger partial charge in [0.25, 0.3) is 0 Å². The second kappa shape index (κ2) is 3.21. The average molecular weight is 207 g/mol. The minimum absolute atomic E-state index is 0.589. The van der Waals surface area contributed by atoms with E-state index in [2.05, 4.69) is 42.9 Å². The van der Waals surface area contributed by atoms with Crippen molar-refractivity contribution in [2.24, 2.45) is 0 Å². The van der Waals surface area contributed by atoms with Gasteiger partial charge in [-0.1, -0.05) is 12.2 Å². The Bertz CT molecular complexity index is 303. The highest BCUT2D eigenvalue weighted by Gasteiger charge is 1.99. The minimum atomic E-state index is 0.589. The van der Waals surface area contributed by atoms with Crippen LogP contribution in [0.4, 0.5) is 0 Å². The monoisotopic (exact) mass is 207 g/mol. The molecule has 0 aromatic carbocycles. The SMILES string of the molecule is S=c1[nH]cc(S)c(S)c1S. The van der Waals surface area contributed by atoms with Gasteiger partial charge in [0, 0.05) is 16.0 Å². The van der Waals surface area contributed by atoms with E-state index >= 15 is 0 Å². The van der Waals surface area contributed by atoms with Gasteiger partial charge < -0.3 is 4.98 Å². The van der Waals surface area contributed by atoms with Crippen molar-refractivity contribution >= 4 is 50.1 Å². The summed E-state index contributed by atoms with van der Waals surface area (Å²) in [7, 11) is 0. The number of rotatable bonds is 0. The van der Waals surface area contributed by atoms with Crippen molar-refractivity contribution in [3.05, 3.63) is 10.8 Å². The van der Waals surface area contributed by atoms with Crippen LogP contribution < -0.4 is 0 Å². The fraction of sp³-hybridized carbons (Fsp3) is 0. The molecule has 0 amide bonds. The maximum atomic E-state index is 4.89. The Balaban J connectivity index is 3.49. The lowest BCUT2D eigenvalue weighted by Gasteiger charge is -1.99. The van der Waals surface area contributed by atoms with E-state index in [1.165, 1.54) is 0 Å². The van der Waals surface area contributed by atoms with Gasteiger partial charge in [-0.25, -0.2) is 0 Å². The highest BCUT2D eigenvalue weighted by Crippen LogP contribution is 2.24. The summed E-state index contributed by atoms with van der Waals surface area (Å²) in [6.45, 7) is 0. The quantitative estimate of drug-likeness (QED) is 0.380. The Hall–Kier alpha value is 0.420. The number of pyridine rings is 1. The van der Waals surface area contributed by atoms with Crippen molar-refractivity contribution in [2.75, 3.05) is 0 Å². The molecule has 0 saturated carbocycles. The second-order valence-electron chi connectivity index (χ2n) is 1.70. The summed E-state index contributed by atoms with van der Waals surface area (Å²) in [6, 6.07) is 0. The zero-order valence-electron chi connectivity index (χ0n) is 4.83. The largest absolute Gasteiger partial charge is 0.351 e. The normalized spacial score (nSPS) is 9.90. The number of hydrogen-bond acceptors (Lipinski definition) is 4. The van der Waals surface area contributed by atoms with Gasteiger partial charge >= 0.3 is 0 Å². The number of nitrogens with one attached hydrogen (secondary N) is 1. The van der Waals surface area contributed by atoms with Gasteiger partial charge in [-0.2, -0.15) is 0 Å². The molecular weight excluding hydrogens is 202 g/mol. The van der Waals surface area contributed by atoms with Crippen LogP contribution >= 0.6 is 50.1 Å². The lowest BCUT2D eigenvalue weighted by Crippen LogP contribution is -1.80. The first-order chi connectivity index (χ1) is 4.63. The average Bonchev–Trinajstić information content (AvgIpc) is 1.93. The third-order valence-corrected chi connectivity index (χ3v) is 3.11. The molecular formula is C5H5NS4. The van der Waals surface area contributed by atoms with E-state index in [-0.39, 0.29) is 0 Å². The third kappa shape index (κ3) is 1.53. The summed E-state index contributed by atoms with van der Waals surface area (Å²) in [6.07, 6.45) is 1.69. The summed E-state index contributed by atoms with van der Waals surface area (Å²) >= 11 is 17.3. The Labute approximate surface area is 80.5 Å². The van der Waals surface area contributed by atoms with Crippen molar-refractivity contribution in [1.82, 2.24) is 4.98 Å². The van der Waals surface area contributed by atoms with Crippen LogP contribution in [0.3, 0.4) is 0 Å². The van der Waals surface area contributed by atoms with Crippen LogP contribution in [0.1, 0.15) is 0 Å². The molecule has 0 unspecified atom stereocenters. The summed E-state index contributed by atoms with van der Waals surface area (Å²) < 4.78 is 0.589. The van der Waals surface area contributed by atoms with Gasteiger partial charge in [-0.15, -0.1) is 37.9 Å². The molecule has 1 aromatic heterocycles. The number of aromatic nitrogens is 1. The first-order valence-electron chi connectivity index (χ1n) is 2.45. The fourth-order valence-electron chi connectivity index (χ4n) is 0.499. The number of aromatic amines is 1. The molecule has 0 aliphatic heterocycles. The van der Waals surface area contributed by atoms with Crippen LogP contribution in [0.5, 0.6) is 0 Å². The molecule has 0 aliphatic carbocycles. The van der Waals surface area contributed by atoms with Crippen molar-refractivity contribution in [3.63, 3.8) is 0 Å². The van der Waals surface area contributed by atoms with Gasteiger partial charge in [0.05, 0.1) is 4.90 Å². The highest BCUT2D eigenvalue weighted by molar-refractivity contribution is 7.85. The van der Waals surface area contributed by atoms with Crippen molar-refractivity contribution in [3.8, 4) is 0 Å². The molecule has 0 bridgehead atoms. The van der Waals surface area contributed by atoms with E-state index < -0.39 is 0 Å². The smallest absolute Gasteiger partial charge is 0.117 e. The van der Waals surface area contributed by atoms with Crippen molar-refractivity contribution in [2.45, 2.75) is 14.7 Å². The zero-order chi connectivity index (χ0) is 7.72. The molecule has 5 heteroatoms. The molecule has 0 fully saturated rings. The molecule has 0 saturated heterocycles. The highest BCUT2D eigenvalue weighted by atomic mass is 32.1. The molecule has 0 radical (unpaired) electrons. The zero-order valence-corrected chi connectivity index (χ0v) is 8.33. The van der Waals surface area contributed by atoms with E-state index in [9.17, 15) is 0 Å².